The van der Waals surface area contributed by atoms with E-state index >= 15 is 0 Å². The SMILES string of the molecule is CCCCCCC/C=C\C/C=C\C/C=C\CCCCCCCCCCCCC(=O)OC(COC(=O)CCCCCCCCCCCCCCCCCC)COP(=O)(O)OCC[N+](C)(C)C. The van der Waals surface area contributed by atoms with Gasteiger partial charge < -0.3 is 18.9 Å². The maximum atomic E-state index is 12.8. The number of likely N-dealkylation sites (N-methyl/N-ethyl adjacent to an activating group) is 1. The Balaban J connectivity index is 4.19. The number of rotatable bonds is 50. The average Bonchev–Trinajstić information content (AvgIpc) is 3.26. The molecule has 382 valence electrons. The molecule has 0 radical (unpaired) electrons. The lowest BCUT2D eigenvalue weighted by molar-refractivity contribution is -0.870. The number of carbonyl (C=O) groups is 2. The molecule has 0 heterocycles. The zero-order valence-corrected chi connectivity index (χ0v) is 44.1. The lowest BCUT2D eigenvalue weighted by atomic mass is 10.0. The summed E-state index contributed by atoms with van der Waals surface area (Å²) in [5.41, 5.74) is 0. The van der Waals surface area contributed by atoms with Gasteiger partial charge in [0.25, 0.3) is 0 Å². The summed E-state index contributed by atoms with van der Waals surface area (Å²) >= 11 is 0. The minimum Gasteiger partial charge on any atom is -0.462 e. The molecule has 65 heavy (non-hydrogen) atoms. The summed E-state index contributed by atoms with van der Waals surface area (Å²) in [5.74, 6) is -0.791. The van der Waals surface area contributed by atoms with Gasteiger partial charge >= 0.3 is 19.8 Å². The van der Waals surface area contributed by atoms with Gasteiger partial charge in [-0.05, 0) is 51.4 Å². The third-order valence-electron chi connectivity index (χ3n) is 11.9. The van der Waals surface area contributed by atoms with Crippen LogP contribution in [-0.4, -0.2) is 74.9 Å². The van der Waals surface area contributed by atoms with Crippen molar-refractivity contribution in [2.45, 2.75) is 258 Å². The van der Waals surface area contributed by atoms with Crippen LogP contribution >= 0.6 is 7.82 Å². The first-order valence-corrected chi connectivity index (χ1v) is 28.7. The molecular formula is C55H105NO8P+. The van der Waals surface area contributed by atoms with Gasteiger partial charge in [0.1, 0.15) is 19.8 Å². The fourth-order valence-corrected chi connectivity index (χ4v) is 8.41. The standard InChI is InChI=1S/C55H104NO8P/c1-6-8-10-12-14-16-18-20-22-24-25-26-27-28-29-30-31-32-34-36-38-40-42-44-46-48-55(58)64-53(52-63-65(59,60)62-50-49-56(3,4)5)51-61-54(57)47-45-43-41-39-37-35-33-23-21-19-17-15-13-11-9-7-2/h18,20,24-25,27-28,53H,6-17,19,21-23,26,29-52H2,1-5H3/p+1/b20-18-,25-24-,28-27-. The molecule has 0 saturated heterocycles. The molecule has 0 aromatic carbocycles. The number of unbranched alkanes of at least 4 members (excludes halogenated alkanes) is 30. The van der Waals surface area contributed by atoms with Crippen LogP contribution < -0.4 is 0 Å². The van der Waals surface area contributed by atoms with Crippen molar-refractivity contribution in [2.24, 2.45) is 0 Å². The molecule has 0 aliphatic heterocycles. The zero-order valence-electron chi connectivity index (χ0n) is 43.2. The van der Waals surface area contributed by atoms with Crippen LogP contribution in [0.2, 0.25) is 0 Å². The highest BCUT2D eigenvalue weighted by molar-refractivity contribution is 7.47. The highest BCUT2D eigenvalue weighted by Gasteiger charge is 2.27. The molecule has 0 aliphatic carbocycles. The minimum absolute atomic E-state index is 0.0322. The summed E-state index contributed by atoms with van der Waals surface area (Å²) in [6, 6.07) is 0. The van der Waals surface area contributed by atoms with E-state index in [-0.39, 0.29) is 25.6 Å². The summed E-state index contributed by atoms with van der Waals surface area (Å²) < 4.78 is 34.5. The van der Waals surface area contributed by atoms with Crippen molar-refractivity contribution in [2.75, 3.05) is 47.5 Å². The Bertz CT molecular complexity index is 1200. The van der Waals surface area contributed by atoms with Gasteiger partial charge in [-0.25, -0.2) is 4.57 Å². The van der Waals surface area contributed by atoms with Crippen molar-refractivity contribution in [3.8, 4) is 0 Å². The van der Waals surface area contributed by atoms with Gasteiger partial charge in [0.15, 0.2) is 6.10 Å². The number of phosphoric acid groups is 1. The van der Waals surface area contributed by atoms with Gasteiger partial charge in [0.2, 0.25) is 0 Å². The third kappa shape index (κ3) is 51.5. The summed E-state index contributed by atoms with van der Waals surface area (Å²) in [6.45, 7) is 4.45. The number of hydrogen-bond donors (Lipinski definition) is 1. The number of ether oxygens (including phenoxy) is 2. The van der Waals surface area contributed by atoms with Crippen LogP contribution in [0.4, 0.5) is 0 Å². The zero-order chi connectivity index (χ0) is 47.8. The first-order chi connectivity index (χ1) is 31.5. The number of esters is 2. The second-order valence-corrected chi connectivity index (χ2v) is 21.1. The molecule has 0 aromatic heterocycles. The van der Waals surface area contributed by atoms with E-state index in [1.54, 1.807) is 0 Å². The predicted octanol–water partition coefficient (Wildman–Crippen LogP) is 16.4. The summed E-state index contributed by atoms with van der Waals surface area (Å²) in [4.78, 5) is 35.6. The Labute approximate surface area is 401 Å². The summed E-state index contributed by atoms with van der Waals surface area (Å²) in [5, 5.41) is 0. The molecule has 2 unspecified atom stereocenters. The van der Waals surface area contributed by atoms with Crippen LogP contribution in [-0.2, 0) is 32.7 Å². The van der Waals surface area contributed by atoms with E-state index in [0.29, 0.717) is 23.9 Å². The van der Waals surface area contributed by atoms with Gasteiger partial charge in [-0.15, -0.1) is 0 Å². The molecule has 0 spiro atoms. The molecule has 0 saturated carbocycles. The first kappa shape index (κ1) is 63.2. The van der Waals surface area contributed by atoms with Gasteiger partial charge in [-0.1, -0.05) is 224 Å². The second kappa shape index (κ2) is 47.3. The van der Waals surface area contributed by atoms with Crippen molar-refractivity contribution in [3.05, 3.63) is 36.5 Å². The fraction of sp³-hybridized carbons (Fsp3) is 0.855. The monoisotopic (exact) mass is 939 g/mol. The number of quaternary nitrogens is 1. The molecule has 10 heteroatoms. The number of phosphoric ester groups is 1. The largest absolute Gasteiger partial charge is 0.472 e. The smallest absolute Gasteiger partial charge is 0.462 e. The molecule has 2 atom stereocenters. The van der Waals surface area contributed by atoms with Gasteiger partial charge in [0.05, 0.1) is 27.7 Å². The minimum atomic E-state index is -4.38. The number of carbonyl (C=O) groups excluding carboxylic acids is 2. The Hall–Kier alpha value is -1.77. The molecule has 0 fully saturated rings. The molecule has 9 nitrogen and oxygen atoms in total. The van der Waals surface area contributed by atoms with E-state index in [1.807, 2.05) is 21.1 Å². The lowest BCUT2D eigenvalue weighted by Gasteiger charge is -2.24. The Morgan fingerprint density at radius 2 is 0.831 bits per heavy atom. The summed E-state index contributed by atoms with van der Waals surface area (Å²) in [6.07, 6.45) is 56.2. The molecule has 0 amide bonds. The third-order valence-corrected chi connectivity index (χ3v) is 12.9. The average molecular weight is 939 g/mol. The Morgan fingerprint density at radius 1 is 0.477 bits per heavy atom. The van der Waals surface area contributed by atoms with Crippen LogP contribution in [0.5, 0.6) is 0 Å². The molecule has 0 aliphatic rings. The molecule has 1 N–H and O–H groups in total. The highest BCUT2D eigenvalue weighted by atomic mass is 31.2. The Morgan fingerprint density at radius 3 is 1.23 bits per heavy atom. The summed E-state index contributed by atoms with van der Waals surface area (Å²) in [7, 11) is 1.48. The molecular weight excluding hydrogens is 834 g/mol. The van der Waals surface area contributed by atoms with Crippen LogP contribution in [0.3, 0.4) is 0 Å². The van der Waals surface area contributed by atoms with Gasteiger partial charge in [-0.3, -0.25) is 18.6 Å². The van der Waals surface area contributed by atoms with Crippen LogP contribution in [0.15, 0.2) is 36.5 Å². The van der Waals surface area contributed by atoms with Crippen molar-refractivity contribution < 1.29 is 42.1 Å². The van der Waals surface area contributed by atoms with Gasteiger partial charge in [0, 0.05) is 12.8 Å². The van der Waals surface area contributed by atoms with E-state index < -0.39 is 26.5 Å². The number of allylic oxidation sites excluding steroid dienone is 6. The van der Waals surface area contributed by atoms with Crippen molar-refractivity contribution in [1.82, 2.24) is 0 Å². The second-order valence-electron chi connectivity index (χ2n) is 19.6. The predicted molar refractivity (Wildman–Crippen MR) is 275 cm³/mol. The van der Waals surface area contributed by atoms with E-state index in [0.717, 1.165) is 51.4 Å². The van der Waals surface area contributed by atoms with E-state index in [9.17, 15) is 19.0 Å². The van der Waals surface area contributed by atoms with Crippen molar-refractivity contribution in [3.63, 3.8) is 0 Å². The van der Waals surface area contributed by atoms with Crippen LogP contribution in [0, 0.1) is 0 Å². The molecule has 0 aromatic rings. The topological polar surface area (TPSA) is 108 Å². The van der Waals surface area contributed by atoms with E-state index in [1.165, 1.54) is 167 Å². The van der Waals surface area contributed by atoms with Crippen molar-refractivity contribution in [1.29, 1.82) is 0 Å². The van der Waals surface area contributed by atoms with E-state index in [2.05, 4.69) is 50.3 Å². The maximum absolute atomic E-state index is 12.8. The number of hydrogen-bond acceptors (Lipinski definition) is 7. The highest BCUT2D eigenvalue weighted by Crippen LogP contribution is 2.43. The van der Waals surface area contributed by atoms with Crippen LogP contribution in [0.25, 0.3) is 0 Å². The fourth-order valence-electron chi connectivity index (χ4n) is 7.67. The Kier molecular flexibility index (Phi) is 46.0. The normalized spacial score (nSPS) is 13.6. The lowest BCUT2D eigenvalue weighted by Crippen LogP contribution is -2.37. The van der Waals surface area contributed by atoms with Crippen LogP contribution in [0.1, 0.15) is 251 Å². The molecule has 0 bridgehead atoms. The first-order valence-electron chi connectivity index (χ1n) is 27.2. The quantitative estimate of drug-likeness (QED) is 0.0211. The maximum Gasteiger partial charge on any atom is 0.472 e. The van der Waals surface area contributed by atoms with E-state index in [4.69, 9.17) is 18.5 Å². The number of nitrogens with zero attached hydrogens (tertiary/aromatic N) is 1. The van der Waals surface area contributed by atoms with Crippen molar-refractivity contribution >= 4 is 19.8 Å². The molecule has 0 rings (SSSR count). The van der Waals surface area contributed by atoms with Gasteiger partial charge in [-0.2, -0.15) is 0 Å².